The van der Waals surface area contributed by atoms with Gasteiger partial charge in [-0.3, -0.25) is 0 Å². The van der Waals surface area contributed by atoms with E-state index in [1.54, 1.807) is 11.4 Å². The standard InChI is InChI=1S/C11H20BrN5O2S/c1-3-17(9-6-4-5-8(9)7-13)20(18,19)11-10(12)14-15-16(11)2/h8-9H,3-7,13H2,1-2H3. The van der Waals surface area contributed by atoms with E-state index in [9.17, 15) is 8.42 Å². The van der Waals surface area contributed by atoms with Gasteiger partial charge in [-0.25, -0.2) is 13.1 Å². The van der Waals surface area contributed by atoms with Crippen LogP contribution in [0.15, 0.2) is 9.63 Å². The molecule has 9 heteroatoms. The number of rotatable bonds is 5. The summed E-state index contributed by atoms with van der Waals surface area (Å²) in [7, 11) is -2.05. The molecule has 1 aromatic heterocycles. The molecule has 0 saturated heterocycles. The van der Waals surface area contributed by atoms with Gasteiger partial charge in [0.25, 0.3) is 10.0 Å². The van der Waals surface area contributed by atoms with Crippen LogP contribution in [-0.2, 0) is 17.1 Å². The lowest BCUT2D eigenvalue weighted by Crippen LogP contribution is -2.44. The SMILES string of the molecule is CCN(C1CCCC1CN)S(=O)(=O)c1c(Br)nnn1C. The van der Waals surface area contributed by atoms with E-state index in [1.807, 2.05) is 6.92 Å². The van der Waals surface area contributed by atoms with Gasteiger partial charge in [0.2, 0.25) is 5.03 Å². The van der Waals surface area contributed by atoms with Gasteiger partial charge < -0.3 is 5.73 Å². The lowest BCUT2D eigenvalue weighted by Gasteiger charge is -2.30. The lowest BCUT2D eigenvalue weighted by molar-refractivity contribution is 0.274. The second kappa shape index (κ2) is 6.08. The van der Waals surface area contributed by atoms with Crippen molar-refractivity contribution in [3.63, 3.8) is 0 Å². The van der Waals surface area contributed by atoms with Crippen molar-refractivity contribution < 1.29 is 8.42 Å². The summed E-state index contributed by atoms with van der Waals surface area (Å²) in [5.41, 5.74) is 5.78. The fourth-order valence-corrected chi connectivity index (χ4v) is 5.72. The Morgan fingerprint density at radius 1 is 1.50 bits per heavy atom. The molecule has 114 valence electrons. The Hall–Kier alpha value is -0.510. The zero-order chi connectivity index (χ0) is 14.9. The fourth-order valence-electron chi connectivity index (χ4n) is 2.96. The molecular weight excluding hydrogens is 346 g/mol. The third-order valence-electron chi connectivity index (χ3n) is 3.89. The molecule has 1 aliphatic carbocycles. The van der Waals surface area contributed by atoms with Crippen molar-refractivity contribution in [3.8, 4) is 0 Å². The number of nitrogens with zero attached hydrogens (tertiary/aromatic N) is 4. The van der Waals surface area contributed by atoms with Crippen molar-refractivity contribution >= 4 is 26.0 Å². The Kier molecular flexibility index (Phi) is 4.83. The number of hydrogen-bond acceptors (Lipinski definition) is 5. The van der Waals surface area contributed by atoms with E-state index < -0.39 is 10.0 Å². The van der Waals surface area contributed by atoms with Gasteiger partial charge in [0.15, 0.2) is 4.60 Å². The Morgan fingerprint density at radius 3 is 2.70 bits per heavy atom. The maximum Gasteiger partial charge on any atom is 0.263 e. The van der Waals surface area contributed by atoms with E-state index in [4.69, 9.17) is 5.73 Å². The maximum absolute atomic E-state index is 12.9. The highest BCUT2D eigenvalue weighted by Gasteiger charge is 2.39. The summed E-state index contributed by atoms with van der Waals surface area (Å²) in [5.74, 6) is 0.227. The highest BCUT2D eigenvalue weighted by molar-refractivity contribution is 9.10. The maximum atomic E-state index is 12.9. The molecule has 0 bridgehead atoms. The molecule has 2 atom stereocenters. The largest absolute Gasteiger partial charge is 0.330 e. The number of aryl methyl sites for hydroxylation is 1. The minimum atomic E-state index is -3.63. The van der Waals surface area contributed by atoms with Crippen LogP contribution in [0.3, 0.4) is 0 Å². The minimum Gasteiger partial charge on any atom is -0.330 e. The number of halogens is 1. The fraction of sp³-hybridized carbons (Fsp3) is 0.818. The predicted octanol–water partition coefficient (Wildman–Crippen LogP) is 0.716. The van der Waals surface area contributed by atoms with Crippen LogP contribution in [0.2, 0.25) is 0 Å². The van der Waals surface area contributed by atoms with Crippen LogP contribution < -0.4 is 5.73 Å². The first-order valence-corrected chi connectivity index (χ1v) is 8.93. The van der Waals surface area contributed by atoms with Gasteiger partial charge in [-0.15, -0.1) is 5.10 Å². The number of hydrogen-bond donors (Lipinski definition) is 1. The van der Waals surface area contributed by atoms with E-state index in [1.165, 1.54) is 4.68 Å². The van der Waals surface area contributed by atoms with Crippen molar-refractivity contribution in [2.75, 3.05) is 13.1 Å². The van der Waals surface area contributed by atoms with E-state index >= 15 is 0 Å². The Bertz CT molecular complexity index is 554. The third kappa shape index (κ3) is 2.63. The van der Waals surface area contributed by atoms with Gasteiger partial charge in [0, 0.05) is 19.6 Å². The van der Waals surface area contributed by atoms with Crippen molar-refractivity contribution in [3.05, 3.63) is 4.60 Å². The number of nitrogens with two attached hydrogens (primary N) is 1. The van der Waals surface area contributed by atoms with Gasteiger partial charge in [-0.1, -0.05) is 18.6 Å². The third-order valence-corrected chi connectivity index (χ3v) is 6.78. The molecule has 2 N–H and O–H groups in total. The molecule has 0 aromatic carbocycles. The lowest BCUT2D eigenvalue weighted by atomic mass is 10.0. The Balaban J connectivity index is 2.40. The molecule has 1 aliphatic rings. The highest BCUT2D eigenvalue weighted by Crippen LogP contribution is 2.33. The molecule has 1 heterocycles. The first-order valence-electron chi connectivity index (χ1n) is 6.70. The zero-order valence-corrected chi connectivity index (χ0v) is 14.1. The summed E-state index contributed by atoms with van der Waals surface area (Å²) < 4.78 is 28.8. The zero-order valence-electron chi connectivity index (χ0n) is 11.7. The summed E-state index contributed by atoms with van der Waals surface area (Å²) in [6.07, 6.45) is 2.86. The topological polar surface area (TPSA) is 94.1 Å². The van der Waals surface area contributed by atoms with E-state index in [0.717, 1.165) is 19.3 Å². The van der Waals surface area contributed by atoms with Crippen LogP contribution in [0.4, 0.5) is 0 Å². The van der Waals surface area contributed by atoms with Crippen LogP contribution in [0.5, 0.6) is 0 Å². The molecule has 1 aromatic rings. The number of sulfonamides is 1. The molecule has 2 unspecified atom stereocenters. The summed E-state index contributed by atoms with van der Waals surface area (Å²) in [6.45, 7) is 2.78. The van der Waals surface area contributed by atoms with Crippen molar-refractivity contribution in [2.45, 2.75) is 37.3 Å². The first-order chi connectivity index (χ1) is 9.43. The van der Waals surface area contributed by atoms with Gasteiger partial charge in [-0.05, 0) is 41.2 Å². The van der Waals surface area contributed by atoms with Crippen LogP contribution in [0, 0.1) is 5.92 Å². The quantitative estimate of drug-likeness (QED) is 0.829. The van der Waals surface area contributed by atoms with E-state index in [0.29, 0.717) is 13.1 Å². The van der Waals surface area contributed by atoms with Gasteiger partial charge in [-0.2, -0.15) is 4.31 Å². The molecule has 2 rings (SSSR count). The Labute approximate surface area is 127 Å². The smallest absolute Gasteiger partial charge is 0.263 e. The highest BCUT2D eigenvalue weighted by atomic mass is 79.9. The molecule has 20 heavy (non-hydrogen) atoms. The van der Waals surface area contributed by atoms with Crippen molar-refractivity contribution in [1.82, 2.24) is 19.3 Å². The minimum absolute atomic E-state index is 0.0307. The second-order valence-electron chi connectivity index (χ2n) is 5.01. The summed E-state index contributed by atoms with van der Waals surface area (Å²) in [6, 6.07) is -0.0307. The summed E-state index contributed by atoms with van der Waals surface area (Å²) >= 11 is 3.17. The Morgan fingerprint density at radius 2 is 2.20 bits per heavy atom. The average Bonchev–Trinajstić information content (AvgIpc) is 2.97. The molecule has 1 saturated carbocycles. The van der Waals surface area contributed by atoms with Crippen molar-refractivity contribution in [1.29, 1.82) is 0 Å². The molecular formula is C11H20BrN5O2S. The van der Waals surface area contributed by atoms with Gasteiger partial charge in [0.05, 0.1) is 0 Å². The van der Waals surface area contributed by atoms with Gasteiger partial charge in [0.1, 0.15) is 0 Å². The molecule has 0 aliphatic heterocycles. The average molecular weight is 366 g/mol. The number of aromatic nitrogens is 3. The van der Waals surface area contributed by atoms with E-state index in [2.05, 4.69) is 26.2 Å². The molecule has 7 nitrogen and oxygen atoms in total. The molecule has 1 fully saturated rings. The molecule has 0 radical (unpaired) electrons. The first kappa shape index (κ1) is 15.9. The molecule has 0 spiro atoms. The van der Waals surface area contributed by atoms with Crippen LogP contribution in [0.25, 0.3) is 0 Å². The monoisotopic (exact) mass is 365 g/mol. The van der Waals surface area contributed by atoms with Crippen LogP contribution >= 0.6 is 15.9 Å². The summed E-state index contributed by atoms with van der Waals surface area (Å²) in [5, 5.41) is 7.62. The van der Waals surface area contributed by atoms with Crippen molar-refractivity contribution in [2.24, 2.45) is 18.7 Å². The second-order valence-corrected chi connectivity index (χ2v) is 7.57. The van der Waals surface area contributed by atoms with Crippen LogP contribution in [0.1, 0.15) is 26.2 Å². The van der Waals surface area contributed by atoms with Gasteiger partial charge >= 0.3 is 0 Å². The van der Waals surface area contributed by atoms with Crippen LogP contribution in [-0.4, -0.2) is 46.8 Å². The molecule has 0 amide bonds. The predicted molar refractivity (Wildman–Crippen MR) is 78.5 cm³/mol. The normalized spacial score (nSPS) is 23.6. The van der Waals surface area contributed by atoms with E-state index in [-0.39, 0.29) is 21.6 Å². The summed E-state index contributed by atoms with van der Waals surface area (Å²) in [4.78, 5) is 0.